The lowest BCUT2D eigenvalue weighted by Crippen LogP contribution is -2.43. The lowest BCUT2D eigenvalue weighted by atomic mass is 9.90. The van der Waals surface area contributed by atoms with Crippen molar-refractivity contribution in [1.29, 1.82) is 0 Å². The number of rotatable bonds is 5. The minimum Gasteiger partial charge on any atom is -0.356 e. The van der Waals surface area contributed by atoms with Crippen molar-refractivity contribution < 1.29 is 13.2 Å². The zero-order valence-corrected chi connectivity index (χ0v) is 21.5. The van der Waals surface area contributed by atoms with Crippen LogP contribution in [0.25, 0.3) is 0 Å². The summed E-state index contributed by atoms with van der Waals surface area (Å²) in [6.07, 6.45) is 3.75. The summed E-state index contributed by atoms with van der Waals surface area (Å²) >= 11 is 0. The van der Waals surface area contributed by atoms with Gasteiger partial charge in [-0.25, -0.2) is 14.7 Å². The van der Waals surface area contributed by atoms with Crippen molar-refractivity contribution >= 4 is 27.6 Å². The summed E-state index contributed by atoms with van der Waals surface area (Å²) in [6.45, 7) is 13.2. The van der Waals surface area contributed by atoms with Gasteiger partial charge in [-0.2, -0.15) is 8.42 Å². The first-order valence-electron chi connectivity index (χ1n) is 12.0. The van der Waals surface area contributed by atoms with Gasteiger partial charge in [0.25, 0.3) is 15.9 Å². The van der Waals surface area contributed by atoms with Crippen molar-refractivity contribution in [2.75, 3.05) is 29.4 Å². The number of carbonyl (C=O) groups is 1. The Balaban J connectivity index is 1.58. The fraction of sp³-hybridized carbons (Fsp3) is 0.560. The third-order valence-electron chi connectivity index (χ3n) is 7.38. The fourth-order valence-corrected chi connectivity index (χ4v) is 6.14. The van der Waals surface area contributed by atoms with E-state index in [0.29, 0.717) is 29.4 Å². The van der Waals surface area contributed by atoms with Crippen molar-refractivity contribution in [3.8, 4) is 0 Å². The molecule has 184 valence electrons. The number of hydrogen-bond acceptors (Lipinski definition) is 7. The predicted molar refractivity (Wildman–Crippen MR) is 133 cm³/mol. The van der Waals surface area contributed by atoms with Gasteiger partial charge < -0.3 is 9.80 Å². The van der Waals surface area contributed by atoms with Gasteiger partial charge in [0.05, 0.1) is 5.56 Å². The molecule has 0 bridgehead atoms. The summed E-state index contributed by atoms with van der Waals surface area (Å²) in [4.78, 5) is 26.3. The molecule has 2 aromatic rings. The van der Waals surface area contributed by atoms with Crippen LogP contribution in [-0.2, 0) is 10.0 Å². The number of hydrogen-bond donors (Lipinski definition) is 1. The van der Waals surface area contributed by atoms with E-state index in [-0.39, 0.29) is 16.1 Å². The molecule has 2 aromatic heterocycles. The van der Waals surface area contributed by atoms with Crippen LogP contribution in [0.2, 0.25) is 0 Å². The van der Waals surface area contributed by atoms with Crippen LogP contribution in [0.3, 0.4) is 0 Å². The van der Waals surface area contributed by atoms with Gasteiger partial charge in [-0.1, -0.05) is 26.8 Å². The smallest absolute Gasteiger partial charge is 0.281 e. The van der Waals surface area contributed by atoms with Crippen LogP contribution in [0.5, 0.6) is 0 Å². The number of aromatic nitrogens is 2. The fourth-order valence-electron chi connectivity index (χ4n) is 5.21. The minimum atomic E-state index is -4.16. The van der Waals surface area contributed by atoms with Crippen LogP contribution < -0.4 is 14.5 Å². The highest BCUT2D eigenvalue weighted by molar-refractivity contribution is 7.90. The highest BCUT2D eigenvalue weighted by Crippen LogP contribution is 2.38. The van der Waals surface area contributed by atoms with Crippen molar-refractivity contribution in [1.82, 2.24) is 14.7 Å². The minimum absolute atomic E-state index is 0.162. The van der Waals surface area contributed by atoms with E-state index in [1.54, 1.807) is 24.4 Å². The van der Waals surface area contributed by atoms with Crippen LogP contribution in [0.1, 0.15) is 57.8 Å². The molecule has 2 saturated heterocycles. The molecule has 4 heterocycles. The van der Waals surface area contributed by atoms with Gasteiger partial charge in [0, 0.05) is 31.4 Å². The Morgan fingerprint density at radius 3 is 2.44 bits per heavy atom. The van der Waals surface area contributed by atoms with Crippen LogP contribution >= 0.6 is 0 Å². The quantitative estimate of drug-likeness (QED) is 0.690. The maximum atomic E-state index is 13.2. The summed E-state index contributed by atoms with van der Waals surface area (Å²) in [5.74, 6) is 1.84. The Morgan fingerprint density at radius 1 is 1.09 bits per heavy atom. The summed E-state index contributed by atoms with van der Waals surface area (Å²) in [7, 11) is -4.16. The molecule has 2 fully saturated rings. The summed E-state index contributed by atoms with van der Waals surface area (Å²) in [5.41, 5.74) is 0.0454. The molecular formula is C25H35N5O3S. The highest BCUT2D eigenvalue weighted by Gasteiger charge is 2.40. The number of nitrogens with one attached hydrogen (secondary N) is 1. The lowest BCUT2D eigenvalue weighted by Gasteiger charge is -2.36. The molecular weight excluding hydrogens is 450 g/mol. The van der Waals surface area contributed by atoms with Crippen LogP contribution in [0.4, 0.5) is 11.6 Å². The van der Waals surface area contributed by atoms with E-state index in [0.717, 1.165) is 32.5 Å². The molecule has 9 heteroatoms. The summed E-state index contributed by atoms with van der Waals surface area (Å²) < 4.78 is 28.5. The molecule has 0 spiro atoms. The van der Waals surface area contributed by atoms with E-state index in [1.807, 2.05) is 6.07 Å². The normalized spacial score (nSPS) is 24.8. The van der Waals surface area contributed by atoms with E-state index in [2.05, 4.69) is 59.1 Å². The first-order chi connectivity index (χ1) is 16.0. The second kappa shape index (κ2) is 9.17. The van der Waals surface area contributed by atoms with Gasteiger partial charge >= 0.3 is 0 Å². The molecule has 4 rings (SSSR count). The number of carbonyl (C=O) groups excluding carboxylic acids is 1. The van der Waals surface area contributed by atoms with Crippen molar-refractivity contribution in [3.63, 3.8) is 0 Å². The van der Waals surface area contributed by atoms with Gasteiger partial charge in [-0.15, -0.1) is 0 Å². The average Bonchev–Trinajstić information content (AvgIpc) is 3.05. The van der Waals surface area contributed by atoms with Crippen LogP contribution in [-0.4, -0.2) is 49.5 Å². The number of nitrogens with zero attached hydrogens (tertiary/aromatic N) is 4. The first kappa shape index (κ1) is 24.4. The SMILES string of the molecule is CC1CC(C)CN(c2cccc(S(=O)(=O)NC(=O)c3cccnc3N3CCC(C)C3(C)C)n2)C1. The van der Waals surface area contributed by atoms with E-state index < -0.39 is 15.9 Å². The zero-order chi connectivity index (χ0) is 24.7. The Bertz CT molecular complexity index is 1160. The zero-order valence-electron chi connectivity index (χ0n) is 20.7. The molecule has 8 nitrogen and oxygen atoms in total. The predicted octanol–water partition coefficient (Wildman–Crippen LogP) is 3.70. The molecule has 34 heavy (non-hydrogen) atoms. The molecule has 2 aliphatic rings. The molecule has 3 unspecified atom stereocenters. The lowest BCUT2D eigenvalue weighted by molar-refractivity contribution is 0.0981. The first-order valence-corrected chi connectivity index (χ1v) is 13.5. The molecule has 2 aliphatic heterocycles. The standard InChI is InChI=1S/C25H35N5O3S/c1-17-14-18(2)16-29(15-17)21-9-6-10-22(27-21)34(32,33)28-24(31)20-8-7-12-26-23(20)30-13-11-19(3)25(30,4)5/h6-10,12,17-19H,11,13-16H2,1-5H3,(H,28,31). The highest BCUT2D eigenvalue weighted by atomic mass is 32.2. The molecule has 1 amide bonds. The largest absolute Gasteiger partial charge is 0.356 e. The number of anilines is 2. The van der Waals surface area contributed by atoms with Gasteiger partial charge in [0.2, 0.25) is 0 Å². The Kier molecular flexibility index (Phi) is 6.59. The van der Waals surface area contributed by atoms with E-state index in [1.165, 1.54) is 6.07 Å². The molecule has 1 N–H and O–H groups in total. The van der Waals surface area contributed by atoms with Gasteiger partial charge in [0.1, 0.15) is 11.6 Å². The van der Waals surface area contributed by atoms with E-state index in [4.69, 9.17) is 0 Å². The second-order valence-electron chi connectivity index (χ2n) is 10.5. The maximum absolute atomic E-state index is 13.2. The number of pyridine rings is 2. The van der Waals surface area contributed by atoms with Gasteiger partial charge in [0.15, 0.2) is 5.03 Å². The second-order valence-corrected chi connectivity index (χ2v) is 12.1. The number of sulfonamides is 1. The number of amides is 1. The molecule has 0 aromatic carbocycles. The van der Waals surface area contributed by atoms with E-state index >= 15 is 0 Å². The third-order valence-corrected chi connectivity index (χ3v) is 8.61. The summed E-state index contributed by atoms with van der Waals surface area (Å²) in [6, 6.07) is 8.18. The molecule has 0 radical (unpaired) electrons. The van der Waals surface area contributed by atoms with Gasteiger partial charge in [-0.05, 0) is 68.7 Å². The third kappa shape index (κ3) is 4.76. The van der Waals surface area contributed by atoms with Crippen molar-refractivity contribution in [2.24, 2.45) is 17.8 Å². The summed E-state index contributed by atoms with van der Waals surface area (Å²) in [5, 5.41) is -0.162. The van der Waals surface area contributed by atoms with Gasteiger partial charge in [-0.3, -0.25) is 4.79 Å². The van der Waals surface area contributed by atoms with Crippen LogP contribution in [0, 0.1) is 17.8 Å². The van der Waals surface area contributed by atoms with Crippen LogP contribution in [0.15, 0.2) is 41.6 Å². The maximum Gasteiger partial charge on any atom is 0.281 e. The molecule has 0 saturated carbocycles. The molecule has 0 aliphatic carbocycles. The Morgan fingerprint density at radius 2 is 1.79 bits per heavy atom. The Labute approximate surface area is 202 Å². The van der Waals surface area contributed by atoms with Crippen molar-refractivity contribution in [2.45, 2.75) is 58.0 Å². The monoisotopic (exact) mass is 485 g/mol. The van der Waals surface area contributed by atoms with E-state index in [9.17, 15) is 13.2 Å². The van der Waals surface area contributed by atoms with Crippen molar-refractivity contribution in [3.05, 3.63) is 42.1 Å². The topological polar surface area (TPSA) is 95.5 Å². The average molecular weight is 486 g/mol. The molecule has 3 atom stereocenters. The number of piperidine rings is 1. The Hall–Kier alpha value is -2.68.